The van der Waals surface area contributed by atoms with Crippen LogP contribution in [-0.4, -0.2) is 48.7 Å². The van der Waals surface area contributed by atoms with E-state index in [4.69, 9.17) is 9.47 Å². The maximum atomic E-state index is 12.0. The number of ether oxygens (including phenoxy) is 2. The number of nitrogens with zero attached hydrogens (tertiary/aromatic N) is 1. The maximum Gasteiger partial charge on any atom is 0.407 e. The van der Waals surface area contributed by atoms with Crippen molar-refractivity contribution in [1.29, 1.82) is 0 Å². The van der Waals surface area contributed by atoms with Crippen LogP contribution in [0, 0.1) is 0 Å². The Kier molecular flexibility index (Phi) is 6.88. The van der Waals surface area contributed by atoms with Gasteiger partial charge < -0.3 is 19.7 Å². The summed E-state index contributed by atoms with van der Waals surface area (Å²) in [5.41, 5.74) is -0.547. The van der Waals surface area contributed by atoms with Crippen LogP contribution in [0.4, 0.5) is 4.79 Å². The molecule has 0 radical (unpaired) electrons. The summed E-state index contributed by atoms with van der Waals surface area (Å²) in [4.78, 5) is 25.2. The molecule has 6 nitrogen and oxygen atoms in total. The van der Waals surface area contributed by atoms with E-state index in [1.807, 2.05) is 25.1 Å². The highest BCUT2D eigenvalue weighted by molar-refractivity contribution is 5.77. The number of hydrogen-bond donors (Lipinski definition) is 1. The molecule has 0 aliphatic heterocycles. The van der Waals surface area contributed by atoms with E-state index in [0.29, 0.717) is 12.3 Å². The van der Waals surface area contributed by atoms with Crippen molar-refractivity contribution in [2.75, 3.05) is 20.2 Å². The van der Waals surface area contributed by atoms with Gasteiger partial charge in [-0.05, 0) is 39.8 Å². The minimum absolute atomic E-state index is 0.0420. The van der Waals surface area contributed by atoms with Crippen molar-refractivity contribution < 1.29 is 19.1 Å². The van der Waals surface area contributed by atoms with Crippen molar-refractivity contribution >= 4 is 12.0 Å². The number of rotatable bonds is 6. The number of nitrogens with one attached hydrogen (secondary N) is 1. The lowest BCUT2D eigenvalue weighted by molar-refractivity contribution is -0.132. The molecule has 0 bridgehead atoms. The number of alkyl carbamates (subject to hydrolysis) is 1. The van der Waals surface area contributed by atoms with E-state index < -0.39 is 11.7 Å². The molecule has 128 valence electrons. The molecule has 0 aliphatic rings. The van der Waals surface area contributed by atoms with Crippen LogP contribution < -0.4 is 10.1 Å². The molecule has 1 aromatic carbocycles. The van der Waals surface area contributed by atoms with Crippen molar-refractivity contribution in [3.8, 4) is 5.75 Å². The monoisotopic (exact) mass is 322 g/mol. The van der Waals surface area contributed by atoms with Crippen LogP contribution in [0.2, 0.25) is 0 Å². The van der Waals surface area contributed by atoms with Crippen molar-refractivity contribution in [2.24, 2.45) is 0 Å². The molecule has 0 spiro atoms. The molecule has 1 rings (SSSR count). The lowest BCUT2D eigenvalue weighted by Gasteiger charge is -2.25. The molecule has 0 aromatic heterocycles. The van der Waals surface area contributed by atoms with Gasteiger partial charge in [0.05, 0.1) is 0 Å². The van der Waals surface area contributed by atoms with Crippen LogP contribution in [0.25, 0.3) is 0 Å². The first-order valence-electron chi connectivity index (χ1n) is 7.58. The van der Waals surface area contributed by atoms with Gasteiger partial charge >= 0.3 is 6.09 Å². The van der Waals surface area contributed by atoms with Gasteiger partial charge in [-0.1, -0.05) is 18.2 Å². The molecule has 0 aliphatic carbocycles. The third kappa shape index (κ3) is 8.09. The van der Waals surface area contributed by atoms with Crippen LogP contribution in [0.1, 0.15) is 27.7 Å². The third-order valence-electron chi connectivity index (χ3n) is 2.84. The normalized spacial score (nSPS) is 12.2. The highest BCUT2D eigenvalue weighted by Gasteiger charge is 2.19. The molecule has 6 heteroatoms. The first-order chi connectivity index (χ1) is 10.7. The van der Waals surface area contributed by atoms with Gasteiger partial charge in [0.25, 0.3) is 5.91 Å². The molecular formula is C17H26N2O4. The fourth-order valence-corrected chi connectivity index (χ4v) is 1.84. The molecule has 0 heterocycles. The number of benzene rings is 1. The number of carbonyl (C=O) groups excluding carboxylic acids is 2. The number of hydrogen-bond acceptors (Lipinski definition) is 4. The molecule has 1 aromatic rings. The molecule has 0 fully saturated rings. The predicted octanol–water partition coefficient (Wildman–Crippen LogP) is 2.44. The molecule has 0 saturated carbocycles. The predicted molar refractivity (Wildman–Crippen MR) is 88.4 cm³/mol. The first kappa shape index (κ1) is 18.8. The minimum Gasteiger partial charge on any atom is -0.484 e. The molecule has 2 amide bonds. The first-order valence-corrected chi connectivity index (χ1v) is 7.58. The van der Waals surface area contributed by atoms with Crippen molar-refractivity contribution in [2.45, 2.75) is 39.3 Å². The molecule has 23 heavy (non-hydrogen) atoms. The number of carbonyl (C=O) groups is 2. The van der Waals surface area contributed by atoms with E-state index in [1.54, 1.807) is 40.0 Å². The van der Waals surface area contributed by atoms with Gasteiger partial charge in [0.15, 0.2) is 6.61 Å². The Morgan fingerprint density at radius 1 is 1.22 bits per heavy atom. The zero-order valence-electron chi connectivity index (χ0n) is 14.5. The van der Waals surface area contributed by atoms with Crippen LogP contribution in [-0.2, 0) is 9.53 Å². The lowest BCUT2D eigenvalue weighted by atomic mass is 10.2. The Morgan fingerprint density at radius 2 is 1.83 bits per heavy atom. The third-order valence-corrected chi connectivity index (χ3v) is 2.84. The van der Waals surface area contributed by atoms with Crippen LogP contribution in [0.5, 0.6) is 5.75 Å². The standard InChI is InChI=1S/C17H26N2O4/c1-13(18-16(21)23-17(2,3)4)11-19(5)15(20)12-22-14-9-7-6-8-10-14/h6-10,13H,11-12H2,1-5H3,(H,18,21)/t13-/m0/s1. The van der Waals surface area contributed by atoms with E-state index in [-0.39, 0.29) is 18.6 Å². The number of likely N-dealkylation sites (N-methyl/N-ethyl adjacent to an activating group) is 1. The van der Waals surface area contributed by atoms with E-state index in [0.717, 1.165) is 0 Å². The Bertz CT molecular complexity index is 511. The van der Waals surface area contributed by atoms with Gasteiger partial charge in [0.1, 0.15) is 11.4 Å². The van der Waals surface area contributed by atoms with E-state index in [2.05, 4.69) is 5.32 Å². The zero-order valence-corrected chi connectivity index (χ0v) is 14.5. The van der Waals surface area contributed by atoms with Crippen molar-refractivity contribution in [1.82, 2.24) is 10.2 Å². The average Bonchev–Trinajstić information content (AvgIpc) is 2.43. The summed E-state index contributed by atoms with van der Waals surface area (Å²) in [5.74, 6) is 0.487. The number of para-hydroxylation sites is 1. The summed E-state index contributed by atoms with van der Waals surface area (Å²) in [7, 11) is 1.67. The average molecular weight is 322 g/mol. The summed E-state index contributed by atoms with van der Waals surface area (Å²) in [6.07, 6.45) is -0.494. The van der Waals surface area contributed by atoms with E-state index in [9.17, 15) is 9.59 Å². The van der Waals surface area contributed by atoms with E-state index in [1.165, 1.54) is 4.90 Å². The second-order valence-electron chi connectivity index (χ2n) is 6.42. The molecule has 0 saturated heterocycles. The zero-order chi connectivity index (χ0) is 17.5. The maximum absolute atomic E-state index is 12.0. The largest absolute Gasteiger partial charge is 0.484 e. The van der Waals surface area contributed by atoms with Crippen molar-refractivity contribution in [3.05, 3.63) is 30.3 Å². The minimum atomic E-state index is -0.547. The van der Waals surface area contributed by atoms with Gasteiger partial charge in [-0.2, -0.15) is 0 Å². The smallest absolute Gasteiger partial charge is 0.407 e. The second kappa shape index (κ2) is 8.41. The number of amides is 2. The lowest BCUT2D eigenvalue weighted by Crippen LogP contribution is -2.45. The molecule has 0 unspecified atom stereocenters. The van der Waals surface area contributed by atoms with Crippen LogP contribution in [0.15, 0.2) is 30.3 Å². The fourth-order valence-electron chi connectivity index (χ4n) is 1.84. The highest BCUT2D eigenvalue weighted by atomic mass is 16.6. The molecule has 1 N–H and O–H groups in total. The summed E-state index contributed by atoms with van der Waals surface area (Å²) < 4.78 is 10.6. The summed E-state index contributed by atoms with van der Waals surface area (Å²) in [5, 5.41) is 2.70. The Labute approximate surface area is 137 Å². The molecule has 1 atom stereocenters. The van der Waals surface area contributed by atoms with Gasteiger partial charge in [-0.15, -0.1) is 0 Å². The fraction of sp³-hybridized carbons (Fsp3) is 0.529. The molecular weight excluding hydrogens is 296 g/mol. The Balaban J connectivity index is 2.35. The van der Waals surface area contributed by atoms with Gasteiger partial charge in [-0.3, -0.25) is 4.79 Å². The van der Waals surface area contributed by atoms with Crippen LogP contribution in [0.3, 0.4) is 0 Å². The highest BCUT2D eigenvalue weighted by Crippen LogP contribution is 2.08. The quantitative estimate of drug-likeness (QED) is 0.873. The summed E-state index contributed by atoms with van der Waals surface area (Å²) in [6, 6.07) is 8.92. The van der Waals surface area contributed by atoms with Crippen molar-refractivity contribution in [3.63, 3.8) is 0 Å². The Hall–Kier alpha value is -2.24. The van der Waals surface area contributed by atoms with Gasteiger partial charge in [0, 0.05) is 19.6 Å². The van der Waals surface area contributed by atoms with Gasteiger partial charge in [-0.25, -0.2) is 4.79 Å². The second-order valence-corrected chi connectivity index (χ2v) is 6.42. The Morgan fingerprint density at radius 3 is 2.39 bits per heavy atom. The summed E-state index contributed by atoms with van der Waals surface area (Å²) >= 11 is 0. The van der Waals surface area contributed by atoms with Crippen LogP contribution >= 0.6 is 0 Å². The summed E-state index contributed by atoms with van der Waals surface area (Å²) in [6.45, 7) is 7.54. The van der Waals surface area contributed by atoms with E-state index >= 15 is 0 Å². The SMILES string of the molecule is C[C@@H](CN(C)C(=O)COc1ccccc1)NC(=O)OC(C)(C)C. The van der Waals surface area contributed by atoms with Gasteiger partial charge in [0.2, 0.25) is 0 Å². The topological polar surface area (TPSA) is 67.9 Å².